The Morgan fingerprint density at radius 1 is 1.20 bits per heavy atom. The van der Waals surface area contributed by atoms with Crippen LogP contribution < -0.4 is 10.1 Å². The number of aromatic nitrogens is 1. The molecule has 0 saturated heterocycles. The average molecular weight is 586 g/mol. The van der Waals surface area contributed by atoms with Crippen LogP contribution in [0, 0.1) is 12.8 Å². The van der Waals surface area contributed by atoms with Gasteiger partial charge in [0.1, 0.15) is 23.6 Å². The summed E-state index contributed by atoms with van der Waals surface area (Å²) in [5, 5.41) is 16.9. The molecule has 0 atom stereocenters. The Bertz CT molecular complexity index is 1330. The third-order valence-corrected chi connectivity index (χ3v) is 5.69. The van der Waals surface area contributed by atoms with E-state index in [1.54, 1.807) is 30.3 Å². The van der Waals surface area contributed by atoms with Gasteiger partial charge in [0, 0.05) is 17.0 Å². The highest BCUT2D eigenvalue weighted by atomic mass is 35.5. The van der Waals surface area contributed by atoms with Crippen LogP contribution in [-0.2, 0) is 11.2 Å². The highest BCUT2D eigenvalue weighted by Gasteiger charge is 2.25. The molecule has 0 spiro atoms. The number of hydrogen-bond acceptors (Lipinski definition) is 5. The SMILES string of the molecule is C#C.C=CC.CC/C=C(\C)c1onc(-c2cccc(CCC(=O)O)c2)c1C(=O)NCCOc1ccc(Cl)cc1Cl. The number of aryl methyl sites for hydroxylation is 1. The molecular weight excluding hydrogens is 551 g/mol. The summed E-state index contributed by atoms with van der Waals surface area (Å²) in [6, 6.07) is 12.2. The van der Waals surface area contributed by atoms with Crippen molar-refractivity contribution in [2.24, 2.45) is 0 Å². The smallest absolute Gasteiger partial charge is 0.303 e. The number of benzene rings is 2. The lowest BCUT2D eigenvalue weighted by Gasteiger charge is -2.10. The van der Waals surface area contributed by atoms with Gasteiger partial charge in [0.2, 0.25) is 0 Å². The molecule has 0 radical (unpaired) electrons. The quantitative estimate of drug-likeness (QED) is 0.136. The Labute approximate surface area is 245 Å². The van der Waals surface area contributed by atoms with Crippen molar-refractivity contribution in [3.63, 3.8) is 0 Å². The third kappa shape index (κ3) is 10.6. The number of halogens is 2. The lowest BCUT2D eigenvalue weighted by Crippen LogP contribution is -2.29. The maximum atomic E-state index is 13.2. The van der Waals surface area contributed by atoms with Crippen molar-refractivity contribution in [2.45, 2.75) is 40.0 Å². The number of rotatable bonds is 11. The molecule has 0 saturated carbocycles. The van der Waals surface area contributed by atoms with Gasteiger partial charge in [-0.3, -0.25) is 9.59 Å². The van der Waals surface area contributed by atoms with Crippen molar-refractivity contribution in [1.29, 1.82) is 0 Å². The van der Waals surface area contributed by atoms with Gasteiger partial charge in [-0.15, -0.1) is 19.4 Å². The summed E-state index contributed by atoms with van der Waals surface area (Å²) in [6.07, 6.45) is 12.9. The number of nitrogens with zero attached hydrogens (tertiary/aromatic N) is 1. The van der Waals surface area contributed by atoms with Crippen LogP contribution in [-0.4, -0.2) is 35.3 Å². The lowest BCUT2D eigenvalue weighted by atomic mass is 9.99. The molecule has 1 heterocycles. The van der Waals surface area contributed by atoms with Gasteiger partial charge in [-0.25, -0.2) is 0 Å². The molecule has 0 aliphatic carbocycles. The Kier molecular flexibility index (Phi) is 15.6. The fourth-order valence-electron chi connectivity index (χ4n) is 3.50. The van der Waals surface area contributed by atoms with Crippen molar-refractivity contribution in [2.75, 3.05) is 13.2 Å². The van der Waals surface area contributed by atoms with Gasteiger partial charge in [-0.2, -0.15) is 0 Å². The van der Waals surface area contributed by atoms with Crippen molar-refractivity contribution in [3.8, 4) is 29.9 Å². The molecule has 0 unspecified atom stereocenters. The zero-order valence-corrected chi connectivity index (χ0v) is 24.4. The van der Waals surface area contributed by atoms with Crippen LogP contribution in [0.25, 0.3) is 16.8 Å². The van der Waals surface area contributed by atoms with Crippen LogP contribution in [0.2, 0.25) is 10.0 Å². The Morgan fingerprint density at radius 2 is 1.90 bits per heavy atom. The Hall–Kier alpha value is -3.99. The first-order valence-electron chi connectivity index (χ1n) is 12.5. The maximum Gasteiger partial charge on any atom is 0.303 e. The van der Waals surface area contributed by atoms with Gasteiger partial charge in [0.05, 0.1) is 11.6 Å². The Balaban J connectivity index is 0.00000150. The number of carboxylic acid groups (broad SMARTS) is 1. The molecule has 212 valence electrons. The third-order valence-electron chi connectivity index (χ3n) is 5.15. The molecule has 9 heteroatoms. The maximum absolute atomic E-state index is 13.2. The van der Waals surface area contributed by atoms with E-state index in [9.17, 15) is 9.59 Å². The van der Waals surface area contributed by atoms with E-state index in [2.05, 4.69) is 29.9 Å². The minimum absolute atomic E-state index is 0.0108. The minimum atomic E-state index is -0.873. The number of allylic oxidation sites excluding steroid dienone is 3. The normalized spacial score (nSPS) is 10.3. The van der Waals surface area contributed by atoms with E-state index in [4.69, 9.17) is 37.6 Å². The van der Waals surface area contributed by atoms with Crippen LogP contribution in [0.15, 0.2) is 65.7 Å². The topological polar surface area (TPSA) is 102 Å². The summed E-state index contributed by atoms with van der Waals surface area (Å²) in [5.41, 5.74) is 2.99. The summed E-state index contributed by atoms with van der Waals surface area (Å²) < 4.78 is 11.2. The molecule has 0 aliphatic heterocycles. The first kappa shape index (κ1) is 34.0. The summed E-state index contributed by atoms with van der Waals surface area (Å²) >= 11 is 12.0. The fraction of sp³-hybridized carbons (Fsp3) is 0.258. The molecule has 0 bridgehead atoms. The fourth-order valence-corrected chi connectivity index (χ4v) is 3.96. The number of carboxylic acids is 1. The average Bonchev–Trinajstić information content (AvgIpc) is 3.38. The molecule has 2 N–H and O–H groups in total. The van der Waals surface area contributed by atoms with Crippen molar-refractivity contribution in [1.82, 2.24) is 10.5 Å². The van der Waals surface area contributed by atoms with E-state index >= 15 is 0 Å². The number of carbonyl (C=O) groups is 2. The molecule has 0 aliphatic rings. The van der Waals surface area contributed by atoms with Crippen LogP contribution in [0.3, 0.4) is 0 Å². The van der Waals surface area contributed by atoms with E-state index < -0.39 is 5.97 Å². The second-order valence-electron chi connectivity index (χ2n) is 8.21. The van der Waals surface area contributed by atoms with E-state index in [0.717, 1.165) is 17.6 Å². The van der Waals surface area contributed by atoms with Crippen molar-refractivity contribution in [3.05, 3.63) is 88.1 Å². The summed E-state index contributed by atoms with van der Waals surface area (Å²) in [7, 11) is 0. The molecule has 0 fully saturated rings. The van der Waals surface area contributed by atoms with Gasteiger partial charge in [-0.05, 0) is 62.1 Å². The van der Waals surface area contributed by atoms with Gasteiger partial charge in [0.15, 0.2) is 5.76 Å². The number of aliphatic carboxylic acids is 1. The van der Waals surface area contributed by atoms with E-state index in [-0.39, 0.29) is 25.5 Å². The zero-order chi connectivity index (χ0) is 30.1. The van der Waals surface area contributed by atoms with Crippen LogP contribution in [0.5, 0.6) is 5.75 Å². The molecule has 3 rings (SSSR count). The monoisotopic (exact) mass is 584 g/mol. The van der Waals surface area contributed by atoms with Crippen LogP contribution in [0.1, 0.15) is 55.3 Å². The van der Waals surface area contributed by atoms with Crippen molar-refractivity contribution < 1.29 is 24.0 Å². The van der Waals surface area contributed by atoms with Gasteiger partial charge < -0.3 is 19.7 Å². The number of amides is 1. The Morgan fingerprint density at radius 3 is 2.52 bits per heavy atom. The molecule has 7 nitrogen and oxygen atoms in total. The zero-order valence-electron chi connectivity index (χ0n) is 22.9. The molecule has 1 amide bonds. The second kappa shape index (κ2) is 18.3. The number of carbonyl (C=O) groups excluding carboxylic acids is 1. The highest BCUT2D eigenvalue weighted by molar-refractivity contribution is 6.35. The minimum Gasteiger partial charge on any atom is -0.490 e. The van der Waals surface area contributed by atoms with Crippen LogP contribution >= 0.6 is 23.2 Å². The van der Waals surface area contributed by atoms with Crippen molar-refractivity contribution >= 4 is 40.7 Å². The number of ether oxygens (including phenoxy) is 1. The van der Waals surface area contributed by atoms with E-state index in [1.165, 1.54) is 0 Å². The lowest BCUT2D eigenvalue weighted by molar-refractivity contribution is -0.136. The predicted octanol–water partition coefficient (Wildman–Crippen LogP) is 7.73. The molecular formula is C31H34Cl2N2O5. The summed E-state index contributed by atoms with van der Waals surface area (Å²) in [6.45, 7) is 9.51. The van der Waals surface area contributed by atoms with Gasteiger partial charge in [0.25, 0.3) is 5.91 Å². The molecule has 1 aromatic heterocycles. The summed E-state index contributed by atoms with van der Waals surface area (Å²) in [5.74, 6) is -0.378. The predicted molar refractivity (Wildman–Crippen MR) is 162 cm³/mol. The standard InChI is InChI=1S/C26H26Cl2N2O5.C3H6.C2H2/c1-3-5-16(2)25-23(26(33)29-12-13-34-21-10-9-19(27)15-20(21)28)24(30-35-25)18-7-4-6-17(14-18)8-11-22(31)32;1-3-2;1-2/h4-7,9-10,14-15H,3,8,11-13H2,1-2H3,(H,29,33)(H,31,32);3H,1H2,2H3;1-2H/b16-5+;;. The first-order valence-corrected chi connectivity index (χ1v) is 13.2. The molecule has 2 aromatic carbocycles. The van der Waals surface area contributed by atoms with Crippen LogP contribution in [0.4, 0.5) is 0 Å². The molecule has 40 heavy (non-hydrogen) atoms. The second-order valence-corrected chi connectivity index (χ2v) is 9.06. The van der Waals surface area contributed by atoms with Gasteiger partial charge in [-0.1, -0.05) is 65.6 Å². The van der Waals surface area contributed by atoms with Gasteiger partial charge >= 0.3 is 5.97 Å². The highest BCUT2D eigenvalue weighted by Crippen LogP contribution is 2.31. The number of hydrogen-bond donors (Lipinski definition) is 2. The summed E-state index contributed by atoms with van der Waals surface area (Å²) in [4.78, 5) is 24.2. The largest absolute Gasteiger partial charge is 0.490 e. The van der Waals surface area contributed by atoms with E-state index in [1.807, 2.05) is 45.0 Å². The first-order chi connectivity index (χ1) is 19.2. The van der Waals surface area contributed by atoms with E-state index in [0.29, 0.717) is 44.8 Å². The number of nitrogens with one attached hydrogen (secondary N) is 1. The number of terminal acetylenes is 1. The molecule has 3 aromatic rings.